The molecule has 0 saturated carbocycles. The first-order valence-corrected chi connectivity index (χ1v) is 17.9. The molecular weight excluding hydrogens is 596 g/mol. The van der Waals surface area contributed by atoms with E-state index >= 15 is 0 Å². The molecule has 0 radical (unpaired) electrons. The second-order valence-electron chi connectivity index (χ2n) is 14.4. The highest BCUT2D eigenvalue weighted by molar-refractivity contribution is 5.75. The van der Waals surface area contributed by atoms with Crippen molar-refractivity contribution in [2.45, 2.75) is 156 Å². The normalized spacial score (nSPS) is 13.1. The van der Waals surface area contributed by atoms with E-state index in [1.165, 1.54) is 7.11 Å². The lowest BCUT2D eigenvalue weighted by Gasteiger charge is -2.37. The maximum absolute atomic E-state index is 14.0. The SMILES string of the molecule is CCCCCCCN(CC(c1cccc(CC(OCC)C(=O)OC)c1)N(CCCCCCC)C(=O)OC(C)(C)C)C(=O)OC(C)(C)C. The first-order chi connectivity index (χ1) is 22.1. The summed E-state index contributed by atoms with van der Waals surface area (Å²) in [5, 5.41) is 0. The van der Waals surface area contributed by atoms with Crippen LogP contribution in [0.3, 0.4) is 0 Å². The van der Waals surface area contributed by atoms with Crippen LogP contribution < -0.4 is 0 Å². The molecule has 0 aliphatic heterocycles. The van der Waals surface area contributed by atoms with Crippen LogP contribution in [0.25, 0.3) is 0 Å². The Morgan fingerprint density at radius 3 is 1.83 bits per heavy atom. The first-order valence-electron chi connectivity index (χ1n) is 17.9. The Labute approximate surface area is 286 Å². The molecule has 0 aromatic heterocycles. The number of methoxy groups -OCH3 is 1. The van der Waals surface area contributed by atoms with E-state index in [0.717, 1.165) is 75.3 Å². The van der Waals surface area contributed by atoms with E-state index in [-0.39, 0.29) is 6.54 Å². The zero-order valence-electron chi connectivity index (χ0n) is 31.3. The second-order valence-corrected chi connectivity index (χ2v) is 14.4. The standard InChI is InChI=1S/C38H66N2O7/c1-11-14-16-18-20-25-39(35(42)46-37(4,5)6)29-32(40(26-21-19-17-15-12-2)36(43)47-38(7,8)9)31-24-22-23-30(27-31)28-33(45-13-3)34(41)44-10/h22-24,27,32-33H,11-21,25-26,28-29H2,1-10H3. The molecule has 0 fully saturated rings. The summed E-state index contributed by atoms with van der Waals surface area (Å²) in [6.45, 7) is 19.0. The van der Waals surface area contributed by atoms with Gasteiger partial charge in [-0.15, -0.1) is 0 Å². The zero-order valence-corrected chi connectivity index (χ0v) is 31.3. The number of hydrogen-bond acceptors (Lipinski definition) is 7. The fraction of sp³-hybridized carbons (Fsp3) is 0.763. The zero-order chi connectivity index (χ0) is 35.5. The smallest absolute Gasteiger partial charge is 0.410 e. The molecule has 1 rings (SSSR count). The van der Waals surface area contributed by atoms with Gasteiger partial charge < -0.3 is 23.8 Å². The monoisotopic (exact) mass is 662 g/mol. The van der Waals surface area contributed by atoms with Crippen molar-refractivity contribution < 1.29 is 33.3 Å². The third-order valence-corrected chi connectivity index (χ3v) is 7.67. The van der Waals surface area contributed by atoms with Gasteiger partial charge in [-0.1, -0.05) is 89.5 Å². The molecule has 0 spiro atoms. The number of carbonyl (C=O) groups is 3. The summed E-state index contributed by atoms with van der Waals surface area (Å²) in [6.07, 6.45) is 9.15. The predicted octanol–water partition coefficient (Wildman–Crippen LogP) is 9.26. The Morgan fingerprint density at radius 2 is 1.30 bits per heavy atom. The Balaban J connectivity index is 3.65. The van der Waals surface area contributed by atoms with Crippen molar-refractivity contribution in [1.29, 1.82) is 0 Å². The Bertz CT molecular complexity index is 1050. The van der Waals surface area contributed by atoms with E-state index in [2.05, 4.69) is 13.8 Å². The second kappa shape index (κ2) is 21.9. The van der Waals surface area contributed by atoms with Crippen molar-refractivity contribution in [3.8, 4) is 0 Å². The summed E-state index contributed by atoms with van der Waals surface area (Å²) in [6, 6.07) is 7.34. The number of benzene rings is 1. The molecular formula is C38H66N2O7. The van der Waals surface area contributed by atoms with Gasteiger partial charge in [0.25, 0.3) is 0 Å². The van der Waals surface area contributed by atoms with E-state index in [0.29, 0.717) is 26.1 Å². The van der Waals surface area contributed by atoms with Crippen LogP contribution in [0.4, 0.5) is 9.59 Å². The summed E-state index contributed by atoms with van der Waals surface area (Å²) in [5.41, 5.74) is 0.354. The summed E-state index contributed by atoms with van der Waals surface area (Å²) in [4.78, 5) is 43.7. The van der Waals surface area contributed by atoms with Gasteiger partial charge in [-0.3, -0.25) is 4.90 Å². The molecule has 2 amide bonds. The third-order valence-electron chi connectivity index (χ3n) is 7.67. The van der Waals surface area contributed by atoms with Gasteiger partial charge in [-0.05, 0) is 72.4 Å². The Kier molecular flexibility index (Phi) is 19.7. The molecule has 0 N–H and O–H groups in total. The minimum Gasteiger partial charge on any atom is -0.467 e. The van der Waals surface area contributed by atoms with Gasteiger partial charge >= 0.3 is 18.2 Å². The lowest BCUT2D eigenvalue weighted by Crippen LogP contribution is -2.47. The number of hydrogen-bond donors (Lipinski definition) is 0. The van der Waals surface area contributed by atoms with Crippen LogP contribution in [0, 0.1) is 0 Å². The fourth-order valence-electron chi connectivity index (χ4n) is 5.35. The molecule has 2 unspecified atom stereocenters. The highest BCUT2D eigenvalue weighted by atomic mass is 16.6. The van der Waals surface area contributed by atoms with Gasteiger partial charge in [0.2, 0.25) is 0 Å². The molecule has 0 saturated heterocycles. The summed E-state index contributed by atoms with van der Waals surface area (Å²) in [7, 11) is 1.35. The minimum atomic E-state index is -0.749. The van der Waals surface area contributed by atoms with E-state index < -0.39 is 41.5 Å². The largest absolute Gasteiger partial charge is 0.467 e. The fourth-order valence-corrected chi connectivity index (χ4v) is 5.35. The summed E-state index contributed by atoms with van der Waals surface area (Å²) >= 11 is 0. The van der Waals surface area contributed by atoms with Crippen molar-refractivity contribution in [3.05, 3.63) is 35.4 Å². The van der Waals surface area contributed by atoms with E-state index in [4.69, 9.17) is 18.9 Å². The van der Waals surface area contributed by atoms with Crippen LogP contribution >= 0.6 is 0 Å². The van der Waals surface area contributed by atoms with Crippen LogP contribution in [0.2, 0.25) is 0 Å². The average molecular weight is 663 g/mol. The third kappa shape index (κ3) is 17.8. The molecule has 0 aliphatic rings. The summed E-state index contributed by atoms with van der Waals surface area (Å²) < 4.78 is 22.6. The average Bonchev–Trinajstić information content (AvgIpc) is 2.98. The topological polar surface area (TPSA) is 94.6 Å². The Hall–Kier alpha value is -2.81. The first kappa shape index (κ1) is 42.2. The number of nitrogens with zero attached hydrogens (tertiary/aromatic N) is 2. The van der Waals surface area contributed by atoms with E-state index in [9.17, 15) is 14.4 Å². The van der Waals surface area contributed by atoms with Gasteiger partial charge in [0.1, 0.15) is 11.2 Å². The van der Waals surface area contributed by atoms with Crippen LogP contribution in [0.5, 0.6) is 0 Å². The van der Waals surface area contributed by atoms with Crippen LogP contribution in [0.1, 0.15) is 144 Å². The maximum Gasteiger partial charge on any atom is 0.410 e. The summed E-state index contributed by atoms with van der Waals surface area (Å²) in [5.74, 6) is -0.435. The van der Waals surface area contributed by atoms with Gasteiger partial charge in [0.15, 0.2) is 6.10 Å². The number of esters is 1. The number of carbonyl (C=O) groups excluding carboxylic acids is 3. The number of unbranched alkanes of at least 4 members (excludes halogenated alkanes) is 8. The maximum atomic E-state index is 14.0. The molecule has 0 heterocycles. The van der Waals surface area contributed by atoms with Crippen molar-refractivity contribution in [3.63, 3.8) is 0 Å². The predicted molar refractivity (Wildman–Crippen MR) is 189 cm³/mol. The lowest BCUT2D eigenvalue weighted by atomic mass is 9.98. The van der Waals surface area contributed by atoms with Gasteiger partial charge in [-0.25, -0.2) is 14.4 Å². The number of amides is 2. The molecule has 47 heavy (non-hydrogen) atoms. The molecule has 270 valence electrons. The Morgan fingerprint density at radius 1 is 0.745 bits per heavy atom. The number of ether oxygens (including phenoxy) is 4. The van der Waals surface area contributed by atoms with Gasteiger partial charge in [0, 0.05) is 32.7 Å². The van der Waals surface area contributed by atoms with Gasteiger partial charge in [0.05, 0.1) is 13.2 Å². The van der Waals surface area contributed by atoms with Crippen LogP contribution in [-0.2, 0) is 30.2 Å². The highest BCUT2D eigenvalue weighted by Crippen LogP contribution is 2.28. The van der Waals surface area contributed by atoms with Crippen molar-refractivity contribution in [2.75, 3.05) is 33.4 Å². The number of rotatable bonds is 21. The van der Waals surface area contributed by atoms with Gasteiger partial charge in [-0.2, -0.15) is 0 Å². The van der Waals surface area contributed by atoms with Crippen LogP contribution in [0.15, 0.2) is 24.3 Å². The van der Waals surface area contributed by atoms with Crippen LogP contribution in [-0.4, -0.2) is 78.6 Å². The molecule has 1 aromatic carbocycles. The molecule has 9 nitrogen and oxygen atoms in total. The van der Waals surface area contributed by atoms with E-state index in [1.54, 1.807) is 9.80 Å². The molecule has 0 aliphatic carbocycles. The lowest BCUT2D eigenvalue weighted by molar-refractivity contribution is -0.153. The quantitative estimate of drug-likeness (QED) is 0.0736. The molecule has 9 heteroatoms. The minimum absolute atomic E-state index is 0.242. The molecule has 2 atom stereocenters. The molecule has 1 aromatic rings. The van der Waals surface area contributed by atoms with Crippen molar-refractivity contribution in [1.82, 2.24) is 9.80 Å². The van der Waals surface area contributed by atoms with Crippen molar-refractivity contribution >= 4 is 18.2 Å². The van der Waals surface area contributed by atoms with Crippen molar-refractivity contribution in [2.24, 2.45) is 0 Å². The highest BCUT2D eigenvalue weighted by Gasteiger charge is 2.33. The van der Waals surface area contributed by atoms with E-state index in [1.807, 2.05) is 72.7 Å². The molecule has 0 bridgehead atoms.